The fourth-order valence-electron chi connectivity index (χ4n) is 1.98. The van der Waals surface area contributed by atoms with E-state index in [-0.39, 0.29) is 25.0 Å². The maximum Gasteiger partial charge on any atom is 0.373 e. The third-order valence-electron chi connectivity index (χ3n) is 2.79. The molecule has 15 heavy (non-hydrogen) atoms. The highest BCUT2D eigenvalue weighted by molar-refractivity contribution is 5.72. The summed E-state index contributed by atoms with van der Waals surface area (Å²) in [7, 11) is 0. The molecule has 1 N–H and O–H groups in total. The second-order valence-corrected chi connectivity index (χ2v) is 4.01. The number of esters is 1. The van der Waals surface area contributed by atoms with Gasteiger partial charge in [-0.1, -0.05) is 6.42 Å². The van der Waals surface area contributed by atoms with Crippen molar-refractivity contribution < 1.29 is 23.4 Å². The summed E-state index contributed by atoms with van der Waals surface area (Å²) in [5, 5.41) is 8.95. The quantitative estimate of drug-likeness (QED) is 0.735. The highest BCUT2D eigenvalue weighted by atomic mass is 19.3. The Hall–Kier alpha value is -0.710. The second-order valence-electron chi connectivity index (χ2n) is 4.01. The van der Waals surface area contributed by atoms with Crippen molar-refractivity contribution in [2.45, 2.75) is 32.1 Å². The Bertz CT molecular complexity index is 209. The fourth-order valence-corrected chi connectivity index (χ4v) is 1.98. The fraction of sp³-hybridized carbons (Fsp3) is 0.900. The van der Waals surface area contributed by atoms with Crippen LogP contribution in [-0.2, 0) is 9.53 Å². The first-order valence-corrected chi connectivity index (χ1v) is 5.19. The summed E-state index contributed by atoms with van der Waals surface area (Å²) in [6.45, 7) is 0.180. The van der Waals surface area contributed by atoms with Crippen LogP contribution in [0.2, 0.25) is 0 Å². The van der Waals surface area contributed by atoms with E-state index in [2.05, 4.69) is 4.74 Å². The van der Waals surface area contributed by atoms with Crippen LogP contribution in [0, 0.1) is 11.8 Å². The van der Waals surface area contributed by atoms with Crippen LogP contribution in [0.25, 0.3) is 0 Å². The number of hydrogen-bond acceptors (Lipinski definition) is 3. The van der Waals surface area contributed by atoms with Gasteiger partial charge in [-0.3, -0.25) is 0 Å². The number of carbonyl (C=O) groups is 1. The van der Waals surface area contributed by atoms with Crippen molar-refractivity contribution in [1.29, 1.82) is 0 Å². The molecule has 0 aliphatic heterocycles. The van der Waals surface area contributed by atoms with E-state index in [1.165, 1.54) is 0 Å². The normalized spacial score (nSPS) is 26.7. The van der Waals surface area contributed by atoms with Crippen LogP contribution in [0.3, 0.4) is 0 Å². The van der Waals surface area contributed by atoms with Crippen molar-refractivity contribution in [3.05, 3.63) is 0 Å². The van der Waals surface area contributed by atoms with E-state index in [0.29, 0.717) is 0 Å². The number of rotatable bonds is 4. The number of ether oxygens (including phenoxy) is 1. The molecule has 1 aliphatic rings. The first kappa shape index (κ1) is 12.4. The summed E-state index contributed by atoms with van der Waals surface area (Å²) in [5.74, 6) is -1.09. The van der Waals surface area contributed by atoms with Gasteiger partial charge in [0.1, 0.15) is 0 Å². The van der Waals surface area contributed by atoms with Crippen LogP contribution < -0.4 is 0 Å². The number of alkyl halides is 2. The van der Waals surface area contributed by atoms with Crippen LogP contribution in [-0.4, -0.2) is 30.7 Å². The molecule has 0 saturated heterocycles. The van der Waals surface area contributed by atoms with Crippen LogP contribution >= 0.6 is 0 Å². The number of carbonyl (C=O) groups excluding carboxylic acids is 1. The largest absolute Gasteiger partial charge is 0.461 e. The van der Waals surface area contributed by atoms with Gasteiger partial charge in [-0.2, -0.15) is 8.78 Å². The number of hydrogen-bond donors (Lipinski definition) is 1. The third kappa shape index (κ3) is 4.11. The van der Waals surface area contributed by atoms with E-state index in [0.717, 1.165) is 25.7 Å². The SMILES string of the molecule is O=C(OCC1CCCC(CO)C1)C(F)F. The Morgan fingerprint density at radius 3 is 2.67 bits per heavy atom. The van der Waals surface area contributed by atoms with E-state index >= 15 is 0 Å². The lowest BCUT2D eigenvalue weighted by Crippen LogP contribution is -2.25. The zero-order valence-electron chi connectivity index (χ0n) is 8.49. The van der Waals surface area contributed by atoms with E-state index in [9.17, 15) is 13.6 Å². The molecule has 5 heteroatoms. The van der Waals surface area contributed by atoms with E-state index in [1.54, 1.807) is 0 Å². The van der Waals surface area contributed by atoms with Gasteiger partial charge in [0.2, 0.25) is 0 Å². The first-order valence-electron chi connectivity index (χ1n) is 5.19. The minimum Gasteiger partial charge on any atom is -0.461 e. The minimum atomic E-state index is -3.04. The summed E-state index contributed by atoms with van der Waals surface area (Å²) in [6, 6.07) is 0. The third-order valence-corrected chi connectivity index (χ3v) is 2.79. The summed E-state index contributed by atoms with van der Waals surface area (Å²) in [5.41, 5.74) is 0. The molecule has 0 heterocycles. The van der Waals surface area contributed by atoms with Crippen LogP contribution in [0.1, 0.15) is 25.7 Å². The second kappa shape index (κ2) is 6.00. The lowest BCUT2D eigenvalue weighted by atomic mass is 9.82. The molecule has 0 aromatic rings. The summed E-state index contributed by atoms with van der Waals surface area (Å²) in [4.78, 5) is 10.5. The van der Waals surface area contributed by atoms with Crippen molar-refractivity contribution in [3.63, 3.8) is 0 Å². The molecular weight excluding hydrogens is 206 g/mol. The Balaban J connectivity index is 2.23. The van der Waals surface area contributed by atoms with Crippen molar-refractivity contribution >= 4 is 5.97 Å². The van der Waals surface area contributed by atoms with Crippen molar-refractivity contribution in [2.24, 2.45) is 11.8 Å². The molecule has 0 aromatic carbocycles. The van der Waals surface area contributed by atoms with Gasteiger partial charge in [0.05, 0.1) is 6.61 Å². The van der Waals surface area contributed by atoms with Gasteiger partial charge in [-0.05, 0) is 31.1 Å². The lowest BCUT2D eigenvalue weighted by molar-refractivity contribution is -0.158. The molecular formula is C10H16F2O3. The highest BCUT2D eigenvalue weighted by Gasteiger charge is 2.24. The van der Waals surface area contributed by atoms with Gasteiger partial charge < -0.3 is 9.84 Å². The monoisotopic (exact) mass is 222 g/mol. The molecule has 3 nitrogen and oxygen atoms in total. The van der Waals surface area contributed by atoms with Crippen molar-refractivity contribution in [2.75, 3.05) is 13.2 Å². The number of aliphatic hydroxyl groups is 1. The van der Waals surface area contributed by atoms with Crippen LogP contribution in [0.15, 0.2) is 0 Å². The molecule has 0 spiro atoms. The molecule has 1 aliphatic carbocycles. The Labute approximate surface area is 87.4 Å². The molecule has 0 bridgehead atoms. The maximum atomic E-state index is 11.8. The van der Waals surface area contributed by atoms with Crippen molar-refractivity contribution in [1.82, 2.24) is 0 Å². The van der Waals surface area contributed by atoms with Crippen molar-refractivity contribution in [3.8, 4) is 0 Å². The van der Waals surface area contributed by atoms with Gasteiger partial charge in [0.15, 0.2) is 0 Å². The Morgan fingerprint density at radius 2 is 2.07 bits per heavy atom. The molecule has 2 atom stereocenters. The summed E-state index contributed by atoms with van der Waals surface area (Å²) in [6.07, 6.45) is 0.528. The van der Waals surface area contributed by atoms with E-state index in [1.807, 2.05) is 0 Å². The van der Waals surface area contributed by atoms with Gasteiger partial charge in [-0.15, -0.1) is 0 Å². The molecule has 1 fully saturated rings. The lowest BCUT2D eigenvalue weighted by Gasteiger charge is -2.27. The standard InChI is InChI=1S/C10H16F2O3/c11-9(12)10(14)15-6-8-3-1-2-7(4-8)5-13/h7-9,13H,1-6H2. The van der Waals surface area contributed by atoms with Crippen LogP contribution in [0.4, 0.5) is 8.78 Å². The molecule has 0 aromatic heterocycles. The van der Waals surface area contributed by atoms with Gasteiger partial charge in [0, 0.05) is 6.61 Å². The average molecular weight is 222 g/mol. The number of halogens is 2. The van der Waals surface area contributed by atoms with Gasteiger partial charge in [0.25, 0.3) is 0 Å². The highest BCUT2D eigenvalue weighted by Crippen LogP contribution is 2.28. The van der Waals surface area contributed by atoms with E-state index in [4.69, 9.17) is 5.11 Å². The molecule has 0 amide bonds. The average Bonchev–Trinajstić information content (AvgIpc) is 2.26. The van der Waals surface area contributed by atoms with Crippen LogP contribution in [0.5, 0.6) is 0 Å². The number of aliphatic hydroxyl groups excluding tert-OH is 1. The Morgan fingerprint density at radius 1 is 1.40 bits per heavy atom. The summed E-state index contributed by atoms with van der Waals surface area (Å²) >= 11 is 0. The molecule has 1 saturated carbocycles. The van der Waals surface area contributed by atoms with Gasteiger partial charge in [-0.25, -0.2) is 4.79 Å². The minimum absolute atomic E-state index is 0.0552. The topological polar surface area (TPSA) is 46.5 Å². The zero-order chi connectivity index (χ0) is 11.3. The van der Waals surface area contributed by atoms with E-state index < -0.39 is 12.4 Å². The Kier molecular flexibility index (Phi) is 4.94. The van der Waals surface area contributed by atoms with Gasteiger partial charge >= 0.3 is 12.4 Å². The zero-order valence-corrected chi connectivity index (χ0v) is 8.49. The predicted octanol–water partition coefficient (Wildman–Crippen LogP) is 1.59. The first-order chi connectivity index (χ1) is 7.13. The maximum absolute atomic E-state index is 11.8. The molecule has 0 radical (unpaired) electrons. The summed E-state index contributed by atoms with van der Waals surface area (Å²) < 4.78 is 28.1. The molecule has 2 unspecified atom stereocenters. The predicted molar refractivity (Wildman–Crippen MR) is 49.5 cm³/mol. The smallest absolute Gasteiger partial charge is 0.373 e. The molecule has 1 rings (SSSR count). The molecule has 88 valence electrons.